The Kier molecular flexibility index (Phi) is 3.28. The molecule has 0 spiro atoms. The van der Waals surface area contributed by atoms with Crippen molar-refractivity contribution in [3.8, 4) is 0 Å². The fraction of sp³-hybridized carbons (Fsp3) is 0.700. The van der Waals surface area contributed by atoms with Gasteiger partial charge in [0.05, 0.1) is 0 Å². The molecule has 7 heteroatoms. The van der Waals surface area contributed by atoms with Crippen molar-refractivity contribution in [3.63, 3.8) is 0 Å². The van der Waals surface area contributed by atoms with Crippen LogP contribution in [0.4, 0.5) is 0 Å². The lowest BCUT2D eigenvalue weighted by Gasteiger charge is -2.34. The lowest BCUT2D eigenvalue weighted by molar-refractivity contribution is -0.158. The van der Waals surface area contributed by atoms with E-state index in [2.05, 4.69) is 5.32 Å². The largest absolute Gasteiger partial charge is 0.480 e. The van der Waals surface area contributed by atoms with Gasteiger partial charge in [0.1, 0.15) is 18.7 Å². The van der Waals surface area contributed by atoms with Gasteiger partial charge < -0.3 is 20.1 Å². The molecular weight excluding hydrogens is 228 g/mol. The average molecular weight is 242 g/mol. The molecule has 94 valence electrons. The SMILES string of the molecule is O=C1CN(C(=O)[C@@H]2CCCO2)C(C(=O)O)CN1. The van der Waals surface area contributed by atoms with E-state index < -0.39 is 24.0 Å². The summed E-state index contributed by atoms with van der Waals surface area (Å²) in [5, 5.41) is 11.4. The van der Waals surface area contributed by atoms with Crippen LogP contribution in [0.3, 0.4) is 0 Å². The van der Waals surface area contributed by atoms with Crippen molar-refractivity contribution >= 4 is 17.8 Å². The highest BCUT2D eigenvalue weighted by Gasteiger charge is 2.39. The number of carbonyl (C=O) groups is 3. The van der Waals surface area contributed by atoms with E-state index in [-0.39, 0.29) is 19.0 Å². The highest BCUT2D eigenvalue weighted by atomic mass is 16.5. The fourth-order valence-electron chi connectivity index (χ4n) is 2.05. The molecule has 2 atom stereocenters. The first-order valence-corrected chi connectivity index (χ1v) is 5.51. The number of hydrogen-bond acceptors (Lipinski definition) is 4. The Morgan fingerprint density at radius 3 is 2.82 bits per heavy atom. The van der Waals surface area contributed by atoms with Crippen molar-refractivity contribution < 1.29 is 24.2 Å². The van der Waals surface area contributed by atoms with Gasteiger partial charge in [-0.3, -0.25) is 9.59 Å². The Morgan fingerprint density at radius 2 is 2.24 bits per heavy atom. The number of amides is 2. The summed E-state index contributed by atoms with van der Waals surface area (Å²) in [6, 6.07) is -0.996. The Labute approximate surface area is 97.7 Å². The summed E-state index contributed by atoms with van der Waals surface area (Å²) in [7, 11) is 0. The minimum Gasteiger partial charge on any atom is -0.480 e. The molecule has 0 aliphatic carbocycles. The van der Waals surface area contributed by atoms with E-state index in [0.717, 1.165) is 11.3 Å². The molecule has 17 heavy (non-hydrogen) atoms. The molecule has 0 aromatic carbocycles. The van der Waals surface area contributed by atoms with E-state index in [9.17, 15) is 14.4 Å². The minimum absolute atomic E-state index is 0.0490. The molecule has 2 heterocycles. The van der Waals surface area contributed by atoms with Gasteiger partial charge in [0.2, 0.25) is 5.91 Å². The zero-order valence-electron chi connectivity index (χ0n) is 9.22. The average Bonchev–Trinajstić information content (AvgIpc) is 2.80. The molecule has 0 radical (unpaired) electrons. The number of rotatable bonds is 2. The third-order valence-electron chi connectivity index (χ3n) is 2.96. The van der Waals surface area contributed by atoms with Crippen LogP contribution in [0.2, 0.25) is 0 Å². The van der Waals surface area contributed by atoms with Gasteiger partial charge in [0.25, 0.3) is 5.91 Å². The maximum absolute atomic E-state index is 12.0. The van der Waals surface area contributed by atoms with Gasteiger partial charge in [-0.15, -0.1) is 0 Å². The summed E-state index contributed by atoms with van der Waals surface area (Å²) in [6.45, 7) is 0.246. The number of nitrogens with zero attached hydrogens (tertiary/aromatic N) is 1. The van der Waals surface area contributed by atoms with Crippen molar-refractivity contribution in [2.45, 2.75) is 25.0 Å². The molecule has 0 bridgehead atoms. The van der Waals surface area contributed by atoms with Crippen LogP contribution in [0.15, 0.2) is 0 Å². The first kappa shape index (κ1) is 11.8. The van der Waals surface area contributed by atoms with Crippen LogP contribution in [0, 0.1) is 0 Å². The number of ether oxygens (including phenoxy) is 1. The zero-order valence-corrected chi connectivity index (χ0v) is 9.22. The van der Waals surface area contributed by atoms with E-state index in [1.807, 2.05) is 0 Å². The van der Waals surface area contributed by atoms with Gasteiger partial charge in [-0.25, -0.2) is 4.79 Å². The van der Waals surface area contributed by atoms with Crippen LogP contribution in [0.1, 0.15) is 12.8 Å². The maximum Gasteiger partial charge on any atom is 0.328 e. The number of nitrogens with one attached hydrogen (secondary N) is 1. The molecule has 2 aliphatic heterocycles. The third-order valence-corrected chi connectivity index (χ3v) is 2.96. The second-order valence-corrected chi connectivity index (χ2v) is 4.13. The normalized spacial score (nSPS) is 28.9. The summed E-state index contributed by atoms with van der Waals surface area (Å²) >= 11 is 0. The third kappa shape index (κ3) is 2.38. The first-order valence-electron chi connectivity index (χ1n) is 5.51. The van der Waals surface area contributed by atoms with Crippen molar-refractivity contribution in [2.75, 3.05) is 19.7 Å². The predicted molar refractivity (Wildman–Crippen MR) is 55.1 cm³/mol. The van der Waals surface area contributed by atoms with Gasteiger partial charge in [-0.05, 0) is 12.8 Å². The molecule has 2 aliphatic rings. The smallest absolute Gasteiger partial charge is 0.328 e. The monoisotopic (exact) mass is 242 g/mol. The molecule has 1 unspecified atom stereocenters. The Hall–Kier alpha value is -1.63. The summed E-state index contributed by atoms with van der Waals surface area (Å²) in [5.41, 5.74) is 0. The van der Waals surface area contributed by atoms with Gasteiger partial charge in [0.15, 0.2) is 0 Å². The molecule has 0 saturated carbocycles. The summed E-state index contributed by atoms with van der Waals surface area (Å²) in [6.07, 6.45) is 0.778. The van der Waals surface area contributed by atoms with Crippen LogP contribution in [0.5, 0.6) is 0 Å². The number of hydrogen-bond donors (Lipinski definition) is 2. The standard InChI is InChI=1S/C10H14N2O5/c13-8-5-12(6(4-11-8)10(15)16)9(14)7-2-1-3-17-7/h6-7H,1-5H2,(H,11,13)(H,15,16)/t6?,7-/m0/s1. The minimum atomic E-state index is -1.11. The summed E-state index contributed by atoms with van der Waals surface area (Å²) in [5.74, 6) is -1.85. The fourth-order valence-corrected chi connectivity index (χ4v) is 2.05. The highest BCUT2D eigenvalue weighted by molar-refractivity contribution is 5.92. The lowest BCUT2D eigenvalue weighted by atomic mass is 10.1. The van der Waals surface area contributed by atoms with Crippen LogP contribution in [-0.4, -0.2) is 59.6 Å². The van der Waals surface area contributed by atoms with E-state index in [1.54, 1.807) is 0 Å². The highest BCUT2D eigenvalue weighted by Crippen LogP contribution is 2.17. The molecule has 2 N–H and O–H groups in total. The summed E-state index contributed by atoms with van der Waals surface area (Å²) in [4.78, 5) is 35.3. The molecule has 2 saturated heterocycles. The number of piperazine rings is 1. The Morgan fingerprint density at radius 1 is 1.47 bits per heavy atom. The number of carboxylic acid groups (broad SMARTS) is 1. The molecule has 0 aromatic heterocycles. The van der Waals surface area contributed by atoms with Crippen molar-refractivity contribution in [1.82, 2.24) is 10.2 Å². The van der Waals surface area contributed by atoms with Crippen molar-refractivity contribution in [3.05, 3.63) is 0 Å². The summed E-state index contributed by atoms with van der Waals surface area (Å²) < 4.78 is 5.22. The topological polar surface area (TPSA) is 95.9 Å². The van der Waals surface area contributed by atoms with Crippen LogP contribution < -0.4 is 5.32 Å². The van der Waals surface area contributed by atoms with Gasteiger partial charge in [-0.2, -0.15) is 0 Å². The Balaban J connectivity index is 2.10. The van der Waals surface area contributed by atoms with Gasteiger partial charge in [0, 0.05) is 13.2 Å². The molecule has 2 rings (SSSR count). The second kappa shape index (κ2) is 4.70. The van der Waals surface area contributed by atoms with Crippen LogP contribution in [0.25, 0.3) is 0 Å². The molecule has 2 fully saturated rings. The quantitative estimate of drug-likeness (QED) is 0.619. The first-order chi connectivity index (χ1) is 8.09. The maximum atomic E-state index is 12.0. The number of carbonyl (C=O) groups excluding carboxylic acids is 2. The lowest BCUT2D eigenvalue weighted by Crippen LogP contribution is -2.61. The molecule has 7 nitrogen and oxygen atoms in total. The van der Waals surface area contributed by atoms with E-state index in [0.29, 0.717) is 13.0 Å². The molecular formula is C10H14N2O5. The van der Waals surface area contributed by atoms with Crippen molar-refractivity contribution in [1.29, 1.82) is 0 Å². The zero-order chi connectivity index (χ0) is 12.4. The molecule has 0 aromatic rings. The number of aliphatic carboxylic acids is 1. The molecule has 2 amide bonds. The predicted octanol–water partition coefficient (Wildman–Crippen LogP) is -1.42. The van der Waals surface area contributed by atoms with Crippen LogP contribution >= 0.6 is 0 Å². The van der Waals surface area contributed by atoms with Crippen molar-refractivity contribution in [2.24, 2.45) is 0 Å². The van der Waals surface area contributed by atoms with E-state index in [1.165, 1.54) is 0 Å². The second-order valence-electron chi connectivity index (χ2n) is 4.13. The number of carboxylic acids is 1. The van der Waals surface area contributed by atoms with Crippen LogP contribution in [-0.2, 0) is 19.1 Å². The van der Waals surface area contributed by atoms with Gasteiger partial charge >= 0.3 is 5.97 Å². The Bertz CT molecular complexity index is 351. The van der Waals surface area contributed by atoms with E-state index >= 15 is 0 Å². The van der Waals surface area contributed by atoms with E-state index in [4.69, 9.17) is 9.84 Å². The van der Waals surface area contributed by atoms with Gasteiger partial charge in [-0.1, -0.05) is 0 Å².